The van der Waals surface area contributed by atoms with Gasteiger partial charge in [-0.3, -0.25) is 9.78 Å². The van der Waals surface area contributed by atoms with Crippen molar-refractivity contribution in [3.8, 4) is 11.5 Å². The van der Waals surface area contributed by atoms with Crippen LogP contribution in [0.3, 0.4) is 0 Å². The molecule has 0 unspecified atom stereocenters. The van der Waals surface area contributed by atoms with Crippen molar-refractivity contribution in [3.05, 3.63) is 55.3 Å². The van der Waals surface area contributed by atoms with E-state index in [0.29, 0.717) is 10.8 Å². The highest BCUT2D eigenvalue weighted by Gasteiger charge is 2.07. The van der Waals surface area contributed by atoms with E-state index < -0.39 is 11.2 Å². The van der Waals surface area contributed by atoms with Crippen LogP contribution >= 0.6 is 11.6 Å². The summed E-state index contributed by atoms with van der Waals surface area (Å²) in [7, 11) is 0. The largest absolute Gasteiger partial charge is 0.450 e. The van der Waals surface area contributed by atoms with E-state index in [4.69, 9.17) is 16.3 Å². The first-order valence-corrected chi connectivity index (χ1v) is 5.62. The first-order valence-electron chi connectivity index (χ1n) is 5.24. The Morgan fingerprint density at radius 2 is 1.78 bits per heavy atom. The summed E-state index contributed by atoms with van der Waals surface area (Å²) in [6.07, 6.45) is 1.22. The third-order valence-electron chi connectivity index (χ3n) is 2.42. The number of halogens is 1. The summed E-state index contributed by atoms with van der Waals surface area (Å²) in [5.74, 6) is 0.516. The number of H-pyrrole nitrogens is 2. The highest BCUT2D eigenvalue weighted by Crippen LogP contribution is 2.27. The van der Waals surface area contributed by atoms with Crippen molar-refractivity contribution in [2.24, 2.45) is 0 Å². The van der Waals surface area contributed by atoms with Gasteiger partial charge >= 0.3 is 5.69 Å². The van der Waals surface area contributed by atoms with Crippen molar-refractivity contribution >= 4 is 11.6 Å². The topological polar surface area (TPSA) is 75.0 Å². The van der Waals surface area contributed by atoms with Gasteiger partial charge in [-0.2, -0.15) is 0 Å². The summed E-state index contributed by atoms with van der Waals surface area (Å²) >= 11 is 6.03. The van der Waals surface area contributed by atoms with Crippen LogP contribution in [0.1, 0.15) is 11.1 Å². The summed E-state index contributed by atoms with van der Waals surface area (Å²) in [4.78, 5) is 26.7. The van der Waals surface area contributed by atoms with E-state index in [1.807, 2.05) is 13.8 Å². The van der Waals surface area contributed by atoms with Gasteiger partial charge in [0, 0.05) is 5.02 Å². The molecule has 0 saturated heterocycles. The van der Waals surface area contributed by atoms with E-state index in [9.17, 15) is 9.59 Å². The average Bonchev–Trinajstić information content (AvgIpc) is 2.29. The molecule has 0 fully saturated rings. The Balaban J connectivity index is 2.40. The van der Waals surface area contributed by atoms with E-state index in [-0.39, 0.29) is 5.75 Å². The minimum Gasteiger partial charge on any atom is -0.450 e. The van der Waals surface area contributed by atoms with Crippen LogP contribution in [0.5, 0.6) is 11.5 Å². The maximum Gasteiger partial charge on any atom is 0.325 e. The Bertz CT molecular complexity index is 680. The number of ether oxygens (including phenoxy) is 1. The van der Waals surface area contributed by atoms with Crippen molar-refractivity contribution in [3.63, 3.8) is 0 Å². The highest BCUT2D eigenvalue weighted by molar-refractivity contribution is 6.32. The molecular formula is C12H11ClN2O3. The minimum atomic E-state index is -0.580. The molecule has 0 spiro atoms. The van der Waals surface area contributed by atoms with Crippen LogP contribution in [0.2, 0.25) is 5.02 Å². The quantitative estimate of drug-likeness (QED) is 0.874. The van der Waals surface area contributed by atoms with Crippen molar-refractivity contribution in [1.82, 2.24) is 9.97 Å². The number of nitrogens with one attached hydrogen (secondary N) is 2. The Labute approximate surface area is 107 Å². The summed E-state index contributed by atoms with van der Waals surface area (Å²) in [5.41, 5.74) is 0.555. The number of rotatable bonds is 2. The van der Waals surface area contributed by atoms with Gasteiger partial charge in [0.05, 0.1) is 6.20 Å². The Morgan fingerprint density at radius 1 is 1.17 bits per heavy atom. The fourth-order valence-corrected chi connectivity index (χ4v) is 1.67. The molecule has 0 aliphatic rings. The third-order valence-corrected chi connectivity index (χ3v) is 3.02. The smallest absolute Gasteiger partial charge is 0.325 e. The summed E-state index contributed by atoms with van der Waals surface area (Å²) in [6, 6.07) is 3.44. The second-order valence-electron chi connectivity index (χ2n) is 3.91. The maximum absolute atomic E-state index is 11.5. The minimum absolute atomic E-state index is 0.0238. The molecule has 0 bridgehead atoms. The van der Waals surface area contributed by atoms with Gasteiger partial charge in [0.2, 0.25) is 5.75 Å². The van der Waals surface area contributed by atoms with Gasteiger partial charge in [0.15, 0.2) is 0 Å². The second-order valence-corrected chi connectivity index (χ2v) is 4.29. The first kappa shape index (κ1) is 12.4. The van der Waals surface area contributed by atoms with Crippen LogP contribution in [0.25, 0.3) is 0 Å². The average molecular weight is 267 g/mol. The molecule has 0 aliphatic carbocycles. The van der Waals surface area contributed by atoms with Gasteiger partial charge in [-0.1, -0.05) is 11.6 Å². The molecule has 1 aromatic heterocycles. The summed E-state index contributed by atoms with van der Waals surface area (Å²) in [5, 5.41) is 0.665. The molecule has 2 N–H and O–H groups in total. The number of aromatic nitrogens is 2. The van der Waals surface area contributed by atoms with Gasteiger partial charge in [-0.25, -0.2) is 4.79 Å². The van der Waals surface area contributed by atoms with Crippen molar-refractivity contribution in [1.29, 1.82) is 0 Å². The molecule has 18 heavy (non-hydrogen) atoms. The molecule has 0 atom stereocenters. The number of hydrogen-bond donors (Lipinski definition) is 2. The predicted molar refractivity (Wildman–Crippen MR) is 68.7 cm³/mol. The van der Waals surface area contributed by atoms with Crippen molar-refractivity contribution < 1.29 is 4.74 Å². The zero-order valence-electron chi connectivity index (χ0n) is 9.83. The first-order chi connectivity index (χ1) is 8.47. The van der Waals surface area contributed by atoms with E-state index >= 15 is 0 Å². The van der Waals surface area contributed by atoms with Gasteiger partial charge in [-0.05, 0) is 37.1 Å². The Morgan fingerprint density at radius 3 is 2.33 bits per heavy atom. The number of aryl methyl sites for hydroxylation is 2. The number of aromatic amines is 2. The Hall–Kier alpha value is -2.01. The molecule has 1 aromatic carbocycles. The third kappa shape index (κ3) is 2.46. The molecule has 2 rings (SSSR count). The van der Waals surface area contributed by atoms with E-state index in [2.05, 4.69) is 9.97 Å². The highest BCUT2D eigenvalue weighted by atomic mass is 35.5. The van der Waals surface area contributed by atoms with Crippen LogP contribution < -0.4 is 16.0 Å². The van der Waals surface area contributed by atoms with Gasteiger partial charge in [0.25, 0.3) is 5.56 Å². The molecule has 0 aliphatic heterocycles. The monoisotopic (exact) mass is 266 g/mol. The van der Waals surface area contributed by atoms with Crippen molar-refractivity contribution in [2.75, 3.05) is 0 Å². The molecule has 0 amide bonds. The number of benzene rings is 1. The lowest BCUT2D eigenvalue weighted by Gasteiger charge is -2.08. The maximum atomic E-state index is 11.5. The molecule has 6 heteroatoms. The fourth-order valence-electron chi connectivity index (χ4n) is 1.57. The van der Waals surface area contributed by atoms with Crippen LogP contribution in [-0.4, -0.2) is 9.97 Å². The molecule has 1 heterocycles. The van der Waals surface area contributed by atoms with Gasteiger partial charge < -0.3 is 9.72 Å². The van der Waals surface area contributed by atoms with E-state index in [0.717, 1.165) is 11.1 Å². The lowest BCUT2D eigenvalue weighted by atomic mass is 10.1. The number of hydrogen-bond acceptors (Lipinski definition) is 3. The standard InChI is InChI=1S/C12H11ClN2O3/c1-6-3-8(4-7(2)10(6)13)18-9-5-14-12(17)15-11(9)16/h3-5H,1-2H3,(H2,14,15,16,17). The van der Waals surface area contributed by atoms with Crippen LogP contribution in [0, 0.1) is 13.8 Å². The SMILES string of the molecule is Cc1cc(Oc2c[nH]c(=O)[nH]c2=O)cc(C)c1Cl. The van der Waals surface area contributed by atoms with Crippen molar-refractivity contribution in [2.45, 2.75) is 13.8 Å². The fraction of sp³-hybridized carbons (Fsp3) is 0.167. The molecule has 94 valence electrons. The molecule has 5 nitrogen and oxygen atoms in total. The second kappa shape index (κ2) is 4.70. The molecule has 2 aromatic rings. The molecule has 0 saturated carbocycles. The zero-order valence-corrected chi connectivity index (χ0v) is 10.6. The predicted octanol–water partition coefficient (Wildman–Crippen LogP) is 2.13. The summed E-state index contributed by atoms with van der Waals surface area (Å²) in [6.45, 7) is 3.69. The lowest BCUT2D eigenvalue weighted by Crippen LogP contribution is -2.21. The summed E-state index contributed by atoms with van der Waals surface area (Å²) < 4.78 is 5.41. The lowest BCUT2D eigenvalue weighted by molar-refractivity contribution is 0.470. The normalized spacial score (nSPS) is 10.4. The van der Waals surface area contributed by atoms with Crippen LogP contribution in [-0.2, 0) is 0 Å². The van der Waals surface area contributed by atoms with E-state index in [1.165, 1.54) is 6.20 Å². The van der Waals surface area contributed by atoms with E-state index in [1.54, 1.807) is 12.1 Å². The molecule has 0 radical (unpaired) electrons. The zero-order chi connectivity index (χ0) is 13.3. The van der Waals surface area contributed by atoms with Crippen LogP contribution in [0.4, 0.5) is 0 Å². The van der Waals surface area contributed by atoms with Gasteiger partial charge in [0.1, 0.15) is 5.75 Å². The molecular weight excluding hydrogens is 256 g/mol. The Kier molecular flexibility index (Phi) is 3.25. The van der Waals surface area contributed by atoms with Gasteiger partial charge in [-0.15, -0.1) is 0 Å². The van der Waals surface area contributed by atoms with Crippen LogP contribution in [0.15, 0.2) is 27.9 Å².